The summed E-state index contributed by atoms with van der Waals surface area (Å²) >= 11 is 0. The fourth-order valence-corrected chi connectivity index (χ4v) is 5.33. The molecule has 0 unspecified atom stereocenters. The lowest BCUT2D eigenvalue weighted by molar-refractivity contribution is -0.127. The van der Waals surface area contributed by atoms with Gasteiger partial charge in [-0.25, -0.2) is 0 Å². The smallest absolute Gasteiger partial charge is 0.223 e. The summed E-state index contributed by atoms with van der Waals surface area (Å²) in [6.07, 6.45) is 13.4. The Morgan fingerprint density at radius 1 is 1.00 bits per heavy atom. The van der Waals surface area contributed by atoms with Crippen LogP contribution in [0.5, 0.6) is 0 Å². The zero-order valence-corrected chi connectivity index (χ0v) is 18.9. The first-order chi connectivity index (χ1) is 15.1. The lowest BCUT2D eigenvalue weighted by Crippen LogP contribution is -2.38. The van der Waals surface area contributed by atoms with Gasteiger partial charge in [0.15, 0.2) is 0 Å². The summed E-state index contributed by atoms with van der Waals surface area (Å²) in [5, 5.41) is 6.33. The third-order valence-electron chi connectivity index (χ3n) is 7.38. The van der Waals surface area contributed by atoms with Gasteiger partial charge in [-0.15, -0.1) is 0 Å². The highest BCUT2D eigenvalue weighted by Crippen LogP contribution is 2.30. The van der Waals surface area contributed by atoms with Crippen LogP contribution in [0.1, 0.15) is 62.5 Å². The quantitative estimate of drug-likeness (QED) is 0.681. The molecular weight excluding hydrogens is 386 g/mol. The topological polar surface area (TPSA) is 61.4 Å². The van der Waals surface area contributed by atoms with Crippen molar-refractivity contribution in [2.45, 2.75) is 64.3 Å². The molecule has 1 saturated carbocycles. The van der Waals surface area contributed by atoms with Crippen molar-refractivity contribution >= 4 is 17.5 Å². The van der Waals surface area contributed by atoms with Crippen LogP contribution in [0.4, 0.5) is 5.69 Å². The first-order valence-electron chi connectivity index (χ1n) is 12.1. The molecule has 5 heteroatoms. The average Bonchev–Trinajstić information content (AvgIpc) is 2.82. The van der Waals surface area contributed by atoms with Crippen molar-refractivity contribution in [3.05, 3.63) is 41.5 Å². The molecule has 1 atom stereocenters. The van der Waals surface area contributed by atoms with Crippen LogP contribution >= 0.6 is 0 Å². The molecular formula is C26H37N3O2. The minimum Gasteiger partial charge on any atom is -0.374 e. The minimum atomic E-state index is 0.110. The number of nitrogens with one attached hydrogen (secondary N) is 2. The van der Waals surface area contributed by atoms with E-state index in [0.717, 1.165) is 64.5 Å². The van der Waals surface area contributed by atoms with E-state index in [2.05, 4.69) is 52.9 Å². The number of rotatable bonds is 6. The van der Waals surface area contributed by atoms with Gasteiger partial charge in [-0.3, -0.25) is 9.59 Å². The summed E-state index contributed by atoms with van der Waals surface area (Å²) in [4.78, 5) is 27.3. The van der Waals surface area contributed by atoms with Crippen molar-refractivity contribution in [2.75, 3.05) is 25.0 Å². The largest absolute Gasteiger partial charge is 0.374 e. The van der Waals surface area contributed by atoms with Crippen LogP contribution in [-0.2, 0) is 22.6 Å². The number of carbonyl (C=O) groups is 2. The Morgan fingerprint density at radius 2 is 1.81 bits per heavy atom. The molecule has 0 radical (unpaired) electrons. The van der Waals surface area contributed by atoms with E-state index in [4.69, 9.17) is 0 Å². The Balaban J connectivity index is 1.17. The lowest BCUT2D eigenvalue weighted by Gasteiger charge is -2.29. The van der Waals surface area contributed by atoms with Crippen LogP contribution < -0.4 is 15.5 Å². The standard InChI is InChI=1S/C26H37N3O2/c1-29-15-5-8-23-16-20(11-14-24(23)29)18-28-26(31)22-12-9-19(10-13-22)17-27-25(30)21-6-3-2-4-7-21/h2-3,11,14,16,19,21-22H,4-10,12-13,15,17-18H2,1H3,(H,27,30)(H,28,31)/t19?,21-,22?/m1/s1. The van der Waals surface area contributed by atoms with Crippen molar-refractivity contribution in [3.8, 4) is 0 Å². The molecule has 0 saturated heterocycles. The van der Waals surface area contributed by atoms with E-state index in [-0.39, 0.29) is 23.7 Å². The molecule has 2 aliphatic carbocycles. The summed E-state index contributed by atoms with van der Waals surface area (Å²) in [5.74, 6) is 1.16. The second-order valence-corrected chi connectivity index (χ2v) is 9.65. The molecule has 3 aliphatic rings. The molecule has 1 heterocycles. The number of anilines is 1. The van der Waals surface area contributed by atoms with Gasteiger partial charge in [-0.05, 0) is 80.9 Å². The van der Waals surface area contributed by atoms with Crippen LogP contribution in [0.2, 0.25) is 0 Å². The van der Waals surface area contributed by atoms with E-state index in [9.17, 15) is 9.59 Å². The van der Waals surface area contributed by atoms with Gasteiger partial charge in [0.2, 0.25) is 11.8 Å². The zero-order valence-electron chi connectivity index (χ0n) is 18.9. The van der Waals surface area contributed by atoms with E-state index in [1.165, 1.54) is 23.2 Å². The van der Waals surface area contributed by atoms with Gasteiger partial charge < -0.3 is 15.5 Å². The maximum absolute atomic E-state index is 12.7. The van der Waals surface area contributed by atoms with Gasteiger partial charge in [-0.2, -0.15) is 0 Å². The third-order valence-corrected chi connectivity index (χ3v) is 7.38. The number of benzene rings is 1. The maximum Gasteiger partial charge on any atom is 0.223 e. The lowest BCUT2D eigenvalue weighted by atomic mass is 9.81. The Hall–Kier alpha value is -2.30. The van der Waals surface area contributed by atoms with Crippen molar-refractivity contribution in [3.63, 3.8) is 0 Å². The molecule has 0 aromatic heterocycles. The zero-order chi connectivity index (χ0) is 21.6. The summed E-state index contributed by atoms with van der Waals surface area (Å²) in [5.41, 5.74) is 3.91. The molecule has 0 spiro atoms. The molecule has 2 amide bonds. The number of nitrogens with zero attached hydrogens (tertiary/aromatic N) is 1. The summed E-state index contributed by atoms with van der Waals surface area (Å²) in [7, 11) is 2.15. The van der Waals surface area contributed by atoms with Crippen LogP contribution in [-0.4, -0.2) is 32.0 Å². The number of hydrogen-bond acceptors (Lipinski definition) is 3. The maximum atomic E-state index is 12.7. The van der Waals surface area contributed by atoms with Gasteiger partial charge in [0.1, 0.15) is 0 Å². The van der Waals surface area contributed by atoms with Gasteiger partial charge in [0.25, 0.3) is 0 Å². The summed E-state index contributed by atoms with van der Waals surface area (Å²) < 4.78 is 0. The van der Waals surface area contributed by atoms with Crippen molar-refractivity contribution in [1.29, 1.82) is 0 Å². The predicted molar refractivity (Wildman–Crippen MR) is 125 cm³/mol. The Labute approximate surface area is 186 Å². The fourth-order valence-electron chi connectivity index (χ4n) is 5.33. The molecule has 0 bridgehead atoms. The van der Waals surface area contributed by atoms with Crippen molar-refractivity contribution in [2.24, 2.45) is 17.8 Å². The van der Waals surface area contributed by atoms with Gasteiger partial charge >= 0.3 is 0 Å². The monoisotopic (exact) mass is 423 g/mol. The third kappa shape index (κ3) is 5.69. The predicted octanol–water partition coefficient (Wildman–Crippen LogP) is 3.96. The molecule has 5 nitrogen and oxygen atoms in total. The minimum absolute atomic E-state index is 0.110. The van der Waals surface area contributed by atoms with Crippen LogP contribution in [0.15, 0.2) is 30.4 Å². The van der Waals surface area contributed by atoms with E-state index >= 15 is 0 Å². The molecule has 4 rings (SSSR count). The van der Waals surface area contributed by atoms with Gasteiger partial charge in [-0.1, -0.05) is 24.3 Å². The number of allylic oxidation sites excluding steroid dienone is 2. The van der Waals surface area contributed by atoms with Crippen LogP contribution in [0, 0.1) is 17.8 Å². The highest BCUT2D eigenvalue weighted by atomic mass is 16.2. The Bertz CT molecular complexity index is 811. The SMILES string of the molecule is CN1CCCc2cc(CNC(=O)C3CCC(CNC(=O)[C@@H]4CC=CCC4)CC3)ccc21. The van der Waals surface area contributed by atoms with E-state index in [0.29, 0.717) is 12.5 Å². The highest BCUT2D eigenvalue weighted by Gasteiger charge is 2.27. The molecule has 1 fully saturated rings. The van der Waals surface area contributed by atoms with E-state index in [1.54, 1.807) is 0 Å². The summed E-state index contributed by atoms with van der Waals surface area (Å²) in [6.45, 7) is 2.49. The van der Waals surface area contributed by atoms with Crippen LogP contribution in [0.25, 0.3) is 0 Å². The highest BCUT2D eigenvalue weighted by molar-refractivity contribution is 5.79. The Kier molecular flexibility index (Phi) is 7.31. The Morgan fingerprint density at radius 3 is 2.58 bits per heavy atom. The number of aryl methyl sites for hydroxylation is 1. The fraction of sp³-hybridized carbons (Fsp3) is 0.615. The number of hydrogen-bond donors (Lipinski definition) is 2. The molecule has 168 valence electrons. The van der Waals surface area contributed by atoms with Crippen molar-refractivity contribution < 1.29 is 9.59 Å². The molecule has 2 N–H and O–H groups in total. The molecule has 1 aliphatic heterocycles. The van der Waals surface area contributed by atoms with E-state index < -0.39 is 0 Å². The molecule has 31 heavy (non-hydrogen) atoms. The molecule has 1 aromatic rings. The first-order valence-corrected chi connectivity index (χ1v) is 12.1. The first kappa shape index (κ1) is 21.9. The number of amides is 2. The van der Waals surface area contributed by atoms with Crippen LogP contribution in [0.3, 0.4) is 0 Å². The molecule has 1 aromatic carbocycles. The number of fused-ring (bicyclic) bond motifs is 1. The van der Waals surface area contributed by atoms with Gasteiger partial charge in [0.05, 0.1) is 0 Å². The summed E-state index contributed by atoms with van der Waals surface area (Å²) in [6, 6.07) is 6.59. The second kappa shape index (κ2) is 10.3. The van der Waals surface area contributed by atoms with Gasteiger partial charge in [0, 0.05) is 44.2 Å². The number of carbonyl (C=O) groups excluding carboxylic acids is 2. The normalized spacial score (nSPS) is 25.6. The average molecular weight is 424 g/mol. The van der Waals surface area contributed by atoms with Crippen molar-refractivity contribution in [1.82, 2.24) is 10.6 Å². The second-order valence-electron chi connectivity index (χ2n) is 9.65. The van der Waals surface area contributed by atoms with E-state index in [1.807, 2.05) is 0 Å².